The molecule has 0 saturated carbocycles. The van der Waals surface area contributed by atoms with Crippen LogP contribution in [0.1, 0.15) is 19.4 Å². The zero-order valence-corrected chi connectivity index (χ0v) is 8.43. The summed E-state index contributed by atoms with van der Waals surface area (Å²) in [6.07, 6.45) is 0. The fourth-order valence-electron chi connectivity index (χ4n) is 1.08. The highest BCUT2D eigenvalue weighted by Gasteiger charge is 2.05. The highest BCUT2D eigenvalue weighted by molar-refractivity contribution is 6.45. The van der Waals surface area contributed by atoms with Gasteiger partial charge in [-0.2, -0.15) is 0 Å². The average molecular weight is 195 g/mol. The van der Waals surface area contributed by atoms with E-state index in [2.05, 4.69) is 0 Å². The van der Waals surface area contributed by atoms with Crippen molar-refractivity contribution < 1.29 is 4.79 Å². The molecule has 0 bridgehead atoms. The second-order valence-electron chi connectivity index (χ2n) is 2.86. The van der Waals surface area contributed by atoms with Crippen LogP contribution in [-0.2, 0) is 4.79 Å². The summed E-state index contributed by atoms with van der Waals surface area (Å²) in [6, 6.07) is 9.63. The molecule has 1 rings (SSSR count). The van der Waals surface area contributed by atoms with Crippen LogP contribution < -0.4 is 0 Å². The van der Waals surface area contributed by atoms with Crippen molar-refractivity contribution in [2.75, 3.05) is 0 Å². The van der Waals surface area contributed by atoms with Crippen LogP contribution in [0.2, 0.25) is 0 Å². The summed E-state index contributed by atoms with van der Waals surface area (Å²) in [6.45, 7) is 3.31. The van der Waals surface area contributed by atoms with Gasteiger partial charge in [-0.15, -0.1) is 0 Å². The molecule has 1 aromatic rings. The van der Waals surface area contributed by atoms with Crippen molar-refractivity contribution in [3.63, 3.8) is 0 Å². The third-order valence-electron chi connectivity index (χ3n) is 1.85. The molecule has 68 valence electrons. The van der Waals surface area contributed by atoms with Crippen LogP contribution >= 0.6 is 11.6 Å². The van der Waals surface area contributed by atoms with Crippen molar-refractivity contribution in [1.82, 2.24) is 0 Å². The molecule has 1 aromatic carbocycles. The molecule has 0 aromatic heterocycles. The quantitative estimate of drug-likeness (QED) is 0.661. The van der Waals surface area contributed by atoms with Crippen LogP contribution in [0.5, 0.6) is 0 Å². The Kier molecular flexibility index (Phi) is 3.26. The fraction of sp³-hybridized carbons (Fsp3) is 0.182. The first-order chi connectivity index (χ1) is 6.13. The second-order valence-corrected chi connectivity index (χ2v) is 3.24. The van der Waals surface area contributed by atoms with E-state index in [0.717, 1.165) is 11.1 Å². The van der Waals surface area contributed by atoms with Crippen LogP contribution in [0.3, 0.4) is 0 Å². The molecule has 13 heavy (non-hydrogen) atoms. The Morgan fingerprint density at radius 2 is 1.69 bits per heavy atom. The molecule has 1 nitrogen and oxygen atoms in total. The van der Waals surface area contributed by atoms with Gasteiger partial charge in [0.25, 0.3) is 0 Å². The van der Waals surface area contributed by atoms with Gasteiger partial charge in [0.15, 0.2) is 5.78 Å². The lowest BCUT2D eigenvalue weighted by Crippen LogP contribution is -1.92. The summed E-state index contributed by atoms with van der Waals surface area (Å²) in [4.78, 5) is 11.0. The molecule has 0 N–H and O–H groups in total. The number of hydrogen-bond donors (Lipinski definition) is 0. The third-order valence-corrected chi connectivity index (χ3v) is 2.39. The van der Waals surface area contributed by atoms with Crippen molar-refractivity contribution in [2.24, 2.45) is 0 Å². The minimum Gasteiger partial charge on any atom is -0.294 e. The van der Waals surface area contributed by atoms with E-state index in [4.69, 9.17) is 11.6 Å². The lowest BCUT2D eigenvalue weighted by Gasteiger charge is -2.02. The minimum atomic E-state index is -0.0944. The van der Waals surface area contributed by atoms with Crippen molar-refractivity contribution >= 4 is 23.0 Å². The van der Waals surface area contributed by atoms with Crippen molar-refractivity contribution in [2.45, 2.75) is 13.8 Å². The molecule has 2 heteroatoms. The highest BCUT2D eigenvalue weighted by atomic mass is 35.5. The summed E-state index contributed by atoms with van der Waals surface area (Å²) < 4.78 is 0. The Hall–Kier alpha value is -1.08. The van der Waals surface area contributed by atoms with Crippen molar-refractivity contribution in [3.8, 4) is 0 Å². The van der Waals surface area contributed by atoms with Crippen LogP contribution in [-0.4, -0.2) is 5.78 Å². The number of benzene rings is 1. The first-order valence-corrected chi connectivity index (χ1v) is 4.43. The SMILES string of the molecule is CC(=O)C(Cl)=C(C)c1ccccc1. The summed E-state index contributed by atoms with van der Waals surface area (Å²) >= 11 is 5.83. The molecule has 0 heterocycles. The normalized spacial score (nSPS) is 12.2. The van der Waals surface area contributed by atoms with Crippen molar-refractivity contribution in [3.05, 3.63) is 40.9 Å². The standard InChI is InChI=1S/C11H11ClO/c1-8(11(12)9(2)13)10-6-4-3-5-7-10/h3-7H,1-2H3. The highest BCUT2D eigenvalue weighted by Crippen LogP contribution is 2.20. The van der Waals surface area contributed by atoms with Gasteiger partial charge in [-0.1, -0.05) is 41.9 Å². The molecule has 0 radical (unpaired) electrons. The van der Waals surface area contributed by atoms with Gasteiger partial charge in [0.2, 0.25) is 0 Å². The summed E-state index contributed by atoms with van der Waals surface area (Å²) in [5.41, 5.74) is 1.82. The molecule has 0 unspecified atom stereocenters. The molecule has 0 aliphatic heterocycles. The number of Topliss-reactive ketones (excluding diaryl/α,β-unsaturated/α-hetero) is 1. The summed E-state index contributed by atoms with van der Waals surface area (Å²) in [7, 11) is 0. The molecule has 0 atom stereocenters. The average Bonchev–Trinajstić information content (AvgIpc) is 2.17. The van der Waals surface area contributed by atoms with E-state index in [9.17, 15) is 4.79 Å². The number of carbonyl (C=O) groups is 1. The number of rotatable bonds is 2. The topological polar surface area (TPSA) is 17.1 Å². The van der Waals surface area contributed by atoms with Gasteiger partial charge in [-0.25, -0.2) is 0 Å². The fourth-order valence-corrected chi connectivity index (χ4v) is 1.19. The van der Waals surface area contributed by atoms with Crippen LogP contribution in [0, 0.1) is 0 Å². The third kappa shape index (κ3) is 2.43. The Bertz CT molecular complexity index is 338. The summed E-state index contributed by atoms with van der Waals surface area (Å²) in [5, 5.41) is 0.311. The van der Waals surface area contributed by atoms with E-state index < -0.39 is 0 Å². The maximum atomic E-state index is 11.0. The zero-order valence-electron chi connectivity index (χ0n) is 7.67. The number of allylic oxidation sites excluding steroid dienone is 2. The number of ketones is 1. The van der Waals surface area contributed by atoms with Crippen LogP contribution in [0.15, 0.2) is 35.4 Å². The van der Waals surface area contributed by atoms with Gasteiger partial charge >= 0.3 is 0 Å². The summed E-state index contributed by atoms with van der Waals surface area (Å²) in [5.74, 6) is -0.0944. The minimum absolute atomic E-state index is 0.0944. The van der Waals surface area contributed by atoms with Crippen molar-refractivity contribution in [1.29, 1.82) is 0 Å². The smallest absolute Gasteiger partial charge is 0.171 e. The molecule has 0 saturated heterocycles. The zero-order chi connectivity index (χ0) is 9.84. The van der Waals surface area contributed by atoms with Crippen LogP contribution in [0.4, 0.5) is 0 Å². The van der Waals surface area contributed by atoms with E-state index in [0.29, 0.717) is 5.03 Å². The van der Waals surface area contributed by atoms with E-state index in [1.54, 1.807) is 0 Å². The predicted molar refractivity (Wildman–Crippen MR) is 55.6 cm³/mol. The Labute approximate surface area is 83.0 Å². The van der Waals surface area contributed by atoms with Gasteiger partial charge in [-0.3, -0.25) is 4.79 Å². The van der Waals surface area contributed by atoms with E-state index >= 15 is 0 Å². The molecule has 0 aliphatic rings. The van der Waals surface area contributed by atoms with Crippen LogP contribution in [0.25, 0.3) is 5.57 Å². The number of hydrogen-bond acceptors (Lipinski definition) is 1. The van der Waals surface area contributed by atoms with E-state index in [1.165, 1.54) is 6.92 Å². The van der Waals surface area contributed by atoms with E-state index in [-0.39, 0.29) is 5.78 Å². The first kappa shape index (κ1) is 10.0. The molecular weight excluding hydrogens is 184 g/mol. The maximum Gasteiger partial charge on any atom is 0.171 e. The van der Waals surface area contributed by atoms with Gasteiger partial charge in [0.05, 0.1) is 5.03 Å². The monoisotopic (exact) mass is 194 g/mol. The predicted octanol–water partition coefficient (Wildman–Crippen LogP) is 3.25. The maximum absolute atomic E-state index is 11.0. The molecular formula is C11H11ClO. The Morgan fingerprint density at radius 1 is 1.15 bits per heavy atom. The van der Waals surface area contributed by atoms with Gasteiger partial charge in [-0.05, 0) is 18.1 Å². The largest absolute Gasteiger partial charge is 0.294 e. The van der Waals surface area contributed by atoms with Gasteiger partial charge in [0, 0.05) is 6.92 Å². The molecule has 0 spiro atoms. The first-order valence-electron chi connectivity index (χ1n) is 4.05. The molecule has 0 fully saturated rings. The van der Waals surface area contributed by atoms with Gasteiger partial charge in [0.1, 0.15) is 0 Å². The lowest BCUT2D eigenvalue weighted by molar-refractivity contribution is -0.113. The molecule has 0 amide bonds. The second kappa shape index (κ2) is 4.24. The van der Waals surface area contributed by atoms with E-state index in [1.807, 2.05) is 37.3 Å². The Balaban J connectivity index is 3.11. The van der Waals surface area contributed by atoms with Gasteiger partial charge < -0.3 is 0 Å². The lowest BCUT2D eigenvalue weighted by atomic mass is 10.1. The number of halogens is 1. The molecule has 0 aliphatic carbocycles. The number of carbonyl (C=O) groups excluding carboxylic acids is 1. The Morgan fingerprint density at radius 3 is 2.15 bits per heavy atom.